The Hall–Kier alpha value is -5.98. The van der Waals surface area contributed by atoms with Crippen molar-refractivity contribution in [1.82, 2.24) is 0 Å². The predicted octanol–water partition coefficient (Wildman–Crippen LogP) is 13.1. The largest absolute Gasteiger partial charge is 0.0984 e. The van der Waals surface area contributed by atoms with Crippen LogP contribution in [0.4, 0.5) is 0 Å². The van der Waals surface area contributed by atoms with Crippen LogP contribution < -0.4 is 0 Å². The quantitative estimate of drug-likeness (QED) is 0.171. The zero-order valence-corrected chi connectivity index (χ0v) is 25.6. The van der Waals surface area contributed by atoms with E-state index in [1.54, 1.807) is 0 Å². The summed E-state index contributed by atoms with van der Waals surface area (Å²) in [7, 11) is 0. The second-order valence-corrected chi connectivity index (χ2v) is 11.7. The van der Waals surface area contributed by atoms with Crippen molar-refractivity contribution in [2.75, 3.05) is 0 Å². The first kappa shape index (κ1) is 27.6. The summed E-state index contributed by atoms with van der Waals surface area (Å²) in [4.78, 5) is 0. The Morgan fingerprint density at radius 2 is 0.739 bits per heavy atom. The molecule has 0 radical (unpaired) electrons. The Balaban J connectivity index is 1.28. The number of hydrogen-bond acceptors (Lipinski definition) is 0. The zero-order chi connectivity index (χ0) is 31.0. The highest BCUT2D eigenvalue weighted by atomic mass is 14.2. The zero-order valence-electron chi connectivity index (χ0n) is 25.6. The van der Waals surface area contributed by atoms with Crippen LogP contribution in [0.25, 0.3) is 89.0 Å². The maximum atomic E-state index is 4.08. The summed E-state index contributed by atoms with van der Waals surface area (Å²) in [5.41, 5.74) is 12.0. The lowest BCUT2D eigenvalue weighted by Gasteiger charge is -2.18. The van der Waals surface area contributed by atoms with Crippen LogP contribution in [0.1, 0.15) is 11.1 Å². The van der Waals surface area contributed by atoms with Gasteiger partial charge in [0.15, 0.2) is 0 Å². The lowest BCUT2D eigenvalue weighted by molar-refractivity contribution is 1.56. The van der Waals surface area contributed by atoms with Crippen molar-refractivity contribution in [3.8, 4) is 44.5 Å². The van der Waals surface area contributed by atoms with Gasteiger partial charge in [0.25, 0.3) is 0 Å². The van der Waals surface area contributed by atoms with Crippen LogP contribution in [-0.2, 0) is 0 Å². The van der Waals surface area contributed by atoms with Crippen molar-refractivity contribution in [1.29, 1.82) is 0 Å². The van der Waals surface area contributed by atoms with Crippen LogP contribution in [0.3, 0.4) is 0 Å². The lowest BCUT2D eigenvalue weighted by Crippen LogP contribution is -1.91. The molecule has 0 saturated heterocycles. The van der Waals surface area contributed by atoms with Crippen LogP contribution in [0.5, 0.6) is 0 Å². The molecule has 216 valence electrons. The second kappa shape index (κ2) is 11.5. The van der Waals surface area contributed by atoms with Gasteiger partial charge in [-0.05, 0) is 88.0 Å². The van der Waals surface area contributed by atoms with E-state index < -0.39 is 0 Å². The first-order valence-electron chi connectivity index (χ1n) is 15.8. The molecule has 0 bridgehead atoms. The number of hydrogen-bond donors (Lipinski definition) is 0. The van der Waals surface area contributed by atoms with E-state index in [9.17, 15) is 0 Å². The second-order valence-electron chi connectivity index (χ2n) is 11.7. The van der Waals surface area contributed by atoms with Crippen molar-refractivity contribution in [3.05, 3.63) is 182 Å². The van der Waals surface area contributed by atoms with Gasteiger partial charge in [-0.2, -0.15) is 0 Å². The van der Waals surface area contributed by atoms with Crippen LogP contribution in [0.2, 0.25) is 0 Å². The smallest absolute Gasteiger partial charge is 0.00264 e. The fourth-order valence-corrected chi connectivity index (χ4v) is 7.10. The highest BCUT2D eigenvalue weighted by Gasteiger charge is 2.17. The molecule has 0 atom stereocenters. The van der Waals surface area contributed by atoms with Gasteiger partial charge in [-0.3, -0.25) is 0 Å². The van der Waals surface area contributed by atoms with Crippen LogP contribution in [0.15, 0.2) is 171 Å². The average Bonchev–Trinajstić information content (AvgIpc) is 3.13. The molecule has 0 unspecified atom stereocenters. The van der Waals surface area contributed by atoms with Crippen LogP contribution in [-0.4, -0.2) is 0 Å². The molecule has 0 heteroatoms. The van der Waals surface area contributed by atoms with Crippen molar-refractivity contribution in [2.45, 2.75) is 0 Å². The Kier molecular flexibility index (Phi) is 6.89. The molecule has 0 fully saturated rings. The molecule has 0 spiro atoms. The Morgan fingerprint density at radius 3 is 1.26 bits per heavy atom. The third-order valence-corrected chi connectivity index (χ3v) is 9.25. The first-order valence-corrected chi connectivity index (χ1v) is 15.8. The average molecular weight is 585 g/mol. The minimum atomic E-state index is 1.09. The summed E-state index contributed by atoms with van der Waals surface area (Å²) < 4.78 is 0. The maximum Gasteiger partial charge on any atom is -0.00264 e. The highest BCUT2D eigenvalue weighted by Crippen LogP contribution is 2.44. The van der Waals surface area contributed by atoms with E-state index in [1.807, 2.05) is 12.2 Å². The summed E-state index contributed by atoms with van der Waals surface area (Å²) in [5.74, 6) is 0. The third kappa shape index (κ3) is 4.55. The van der Waals surface area contributed by atoms with Crippen LogP contribution in [0, 0.1) is 0 Å². The third-order valence-electron chi connectivity index (χ3n) is 9.25. The summed E-state index contributed by atoms with van der Waals surface area (Å²) in [6, 6.07) is 57.3. The van der Waals surface area contributed by atoms with Gasteiger partial charge in [0.05, 0.1) is 0 Å². The van der Waals surface area contributed by atoms with E-state index in [0.29, 0.717) is 0 Å². The standard InChI is InChI=1S/C46H32/c1-3-31-14-11-21-38(37(31)4-2)33-23-27-35(28-24-33)45-41-17-7-9-19-43(41)46(44-20-10-8-18-42(44)45)36-29-25-34(26-30-36)40-22-12-15-32-13-5-6-16-39(32)40/h3-30H,1-2H2. The molecule has 0 aromatic heterocycles. The van der Waals surface area contributed by atoms with E-state index in [4.69, 9.17) is 0 Å². The number of rotatable bonds is 6. The van der Waals surface area contributed by atoms with Gasteiger partial charge in [-0.1, -0.05) is 183 Å². The molecule has 0 saturated carbocycles. The summed E-state index contributed by atoms with van der Waals surface area (Å²) in [6.07, 6.45) is 3.82. The van der Waals surface area contributed by atoms with Gasteiger partial charge in [-0.15, -0.1) is 0 Å². The Morgan fingerprint density at radius 1 is 0.326 bits per heavy atom. The minimum Gasteiger partial charge on any atom is -0.0984 e. The summed E-state index contributed by atoms with van der Waals surface area (Å²) in [6.45, 7) is 8.07. The van der Waals surface area contributed by atoms with Crippen molar-refractivity contribution < 1.29 is 0 Å². The molecular weight excluding hydrogens is 553 g/mol. The van der Waals surface area contributed by atoms with E-state index in [2.05, 4.69) is 171 Å². The van der Waals surface area contributed by atoms with Gasteiger partial charge in [0.2, 0.25) is 0 Å². The molecule has 0 aliphatic rings. The maximum absolute atomic E-state index is 4.08. The van der Waals surface area contributed by atoms with E-state index in [-0.39, 0.29) is 0 Å². The molecule has 0 nitrogen and oxygen atoms in total. The molecule has 8 aromatic rings. The molecular formula is C46H32. The molecule has 8 aromatic carbocycles. The first-order chi connectivity index (χ1) is 22.7. The number of benzene rings is 8. The molecule has 46 heavy (non-hydrogen) atoms. The Bertz CT molecular complexity index is 2360. The van der Waals surface area contributed by atoms with Crippen molar-refractivity contribution in [3.63, 3.8) is 0 Å². The minimum absolute atomic E-state index is 1.09. The van der Waals surface area contributed by atoms with E-state index in [0.717, 1.165) is 16.7 Å². The van der Waals surface area contributed by atoms with Gasteiger partial charge in [-0.25, -0.2) is 0 Å². The fraction of sp³-hybridized carbons (Fsp3) is 0. The van der Waals surface area contributed by atoms with Gasteiger partial charge < -0.3 is 0 Å². The monoisotopic (exact) mass is 584 g/mol. The van der Waals surface area contributed by atoms with Gasteiger partial charge in [0, 0.05) is 0 Å². The fourth-order valence-electron chi connectivity index (χ4n) is 7.10. The number of fused-ring (bicyclic) bond motifs is 3. The summed E-state index contributed by atoms with van der Waals surface area (Å²) in [5, 5.41) is 7.55. The molecule has 0 N–H and O–H groups in total. The molecule has 0 heterocycles. The van der Waals surface area contributed by atoms with Gasteiger partial charge in [0.1, 0.15) is 0 Å². The molecule has 8 rings (SSSR count). The van der Waals surface area contributed by atoms with Crippen molar-refractivity contribution >= 4 is 44.5 Å². The van der Waals surface area contributed by atoms with Crippen LogP contribution >= 0.6 is 0 Å². The topological polar surface area (TPSA) is 0 Å². The van der Waals surface area contributed by atoms with E-state index >= 15 is 0 Å². The molecule has 0 amide bonds. The lowest BCUT2D eigenvalue weighted by atomic mass is 9.85. The normalized spacial score (nSPS) is 11.2. The SMILES string of the molecule is C=Cc1cccc(-c2ccc(-c3c4ccccc4c(-c4ccc(-c5cccc6ccccc56)cc4)c4ccccc34)cc2)c1C=C. The summed E-state index contributed by atoms with van der Waals surface area (Å²) >= 11 is 0. The highest BCUT2D eigenvalue weighted by molar-refractivity contribution is 6.21. The van der Waals surface area contributed by atoms with E-state index in [1.165, 1.54) is 71.3 Å². The Labute approximate surface area is 270 Å². The van der Waals surface area contributed by atoms with Gasteiger partial charge >= 0.3 is 0 Å². The van der Waals surface area contributed by atoms with Crippen molar-refractivity contribution in [2.24, 2.45) is 0 Å². The molecule has 0 aliphatic carbocycles. The predicted molar refractivity (Wildman–Crippen MR) is 201 cm³/mol. The molecule has 0 aliphatic heterocycles.